The van der Waals surface area contributed by atoms with Crippen molar-refractivity contribution in [3.8, 4) is 11.5 Å². The van der Waals surface area contributed by atoms with Crippen LogP contribution in [0.2, 0.25) is 0 Å². The molecule has 1 heterocycles. The number of carbonyl (C=O) groups excluding carboxylic acids is 2. The van der Waals surface area contributed by atoms with Crippen molar-refractivity contribution < 1.29 is 18.7 Å². The second-order valence-electron chi connectivity index (χ2n) is 7.21. The fourth-order valence-electron chi connectivity index (χ4n) is 3.16. The number of furan rings is 1. The zero-order chi connectivity index (χ0) is 23.0. The van der Waals surface area contributed by atoms with E-state index in [1.54, 1.807) is 42.5 Å². The summed E-state index contributed by atoms with van der Waals surface area (Å²) in [5, 5.41) is 5.54. The van der Waals surface area contributed by atoms with Gasteiger partial charge in [-0.15, -0.1) is 0 Å². The third-order valence-electron chi connectivity index (χ3n) is 4.82. The molecule has 33 heavy (non-hydrogen) atoms. The minimum absolute atomic E-state index is 0.0349. The lowest BCUT2D eigenvalue weighted by Gasteiger charge is -2.14. The van der Waals surface area contributed by atoms with Crippen molar-refractivity contribution in [3.63, 3.8) is 0 Å². The summed E-state index contributed by atoms with van der Waals surface area (Å²) in [7, 11) is 0. The predicted molar refractivity (Wildman–Crippen MR) is 127 cm³/mol. The van der Waals surface area contributed by atoms with Gasteiger partial charge in [0.25, 0.3) is 11.8 Å². The quantitative estimate of drug-likeness (QED) is 0.358. The summed E-state index contributed by atoms with van der Waals surface area (Å²) in [6, 6.07) is 26.9. The number of anilines is 1. The van der Waals surface area contributed by atoms with Gasteiger partial charge >= 0.3 is 0 Å². The van der Waals surface area contributed by atoms with Gasteiger partial charge in [0.05, 0.1) is 12.0 Å². The van der Waals surface area contributed by atoms with Crippen molar-refractivity contribution in [1.29, 1.82) is 0 Å². The van der Waals surface area contributed by atoms with E-state index in [0.717, 1.165) is 5.56 Å². The maximum Gasteiger partial charge on any atom is 0.272 e. The Hall–Kier alpha value is -4.58. The number of benzene rings is 3. The molecular formula is C27H22N2O4. The molecule has 0 unspecified atom stereocenters. The first-order valence-corrected chi connectivity index (χ1v) is 10.4. The largest absolute Gasteiger partial charge is 0.465 e. The number of amides is 2. The van der Waals surface area contributed by atoms with Gasteiger partial charge in [0.1, 0.15) is 17.2 Å². The van der Waals surface area contributed by atoms with Crippen molar-refractivity contribution in [2.45, 2.75) is 6.92 Å². The van der Waals surface area contributed by atoms with Gasteiger partial charge in [0, 0.05) is 11.6 Å². The lowest BCUT2D eigenvalue weighted by atomic mass is 10.1. The van der Waals surface area contributed by atoms with E-state index in [1.807, 2.05) is 55.5 Å². The van der Waals surface area contributed by atoms with E-state index in [4.69, 9.17) is 9.15 Å². The van der Waals surface area contributed by atoms with Crippen molar-refractivity contribution in [2.75, 3.05) is 5.32 Å². The van der Waals surface area contributed by atoms with E-state index < -0.39 is 11.8 Å². The Kier molecular flexibility index (Phi) is 6.66. The Morgan fingerprint density at radius 2 is 1.58 bits per heavy atom. The maximum absolute atomic E-state index is 13.2. The summed E-state index contributed by atoms with van der Waals surface area (Å²) in [5.41, 5.74) is 1.77. The molecule has 0 spiro atoms. The van der Waals surface area contributed by atoms with Crippen molar-refractivity contribution in [1.82, 2.24) is 5.32 Å². The molecule has 6 nitrogen and oxygen atoms in total. The summed E-state index contributed by atoms with van der Waals surface area (Å²) in [6.45, 7) is 1.84. The molecule has 0 aliphatic heterocycles. The van der Waals surface area contributed by atoms with Crippen molar-refractivity contribution >= 4 is 23.6 Å². The number of para-hydroxylation sites is 3. The van der Waals surface area contributed by atoms with Crippen LogP contribution in [-0.2, 0) is 4.79 Å². The molecule has 0 saturated carbocycles. The summed E-state index contributed by atoms with van der Waals surface area (Å²) in [6.07, 6.45) is 2.97. The first-order valence-electron chi connectivity index (χ1n) is 10.4. The first kappa shape index (κ1) is 21.6. The van der Waals surface area contributed by atoms with Crippen LogP contribution in [0.5, 0.6) is 11.5 Å². The zero-order valence-corrected chi connectivity index (χ0v) is 17.9. The normalized spacial score (nSPS) is 11.0. The average Bonchev–Trinajstić information content (AvgIpc) is 3.34. The van der Waals surface area contributed by atoms with Crippen LogP contribution >= 0.6 is 0 Å². The second kappa shape index (κ2) is 10.2. The number of nitrogens with one attached hydrogen (secondary N) is 2. The van der Waals surface area contributed by atoms with E-state index >= 15 is 0 Å². The van der Waals surface area contributed by atoms with Gasteiger partial charge in [0.15, 0.2) is 5.75 Å². The van der Waals surface area contributed by atoms with Crippen LogP contribution in [0.15, 0.2) is 107 Å². The molecule has 4 rings (SSSR count). The van der Waals surface area contributed by atoms with Crippen LogP contribution in [0, 0.1) is 6.92 Å². The lowest BCUT2D eigenvalue weighted by Crippen LogP contribution is -2.31. The summed E-state index contributed by atoms with van der Waals surface area (Å²) < 4.78 is 11.3. The standard InChI is InChI=1S/C27H22N2O4/c1-19-10-5-6-14-22(19)26(30)29-24(18-21-13-9-17-32-21)27(31)28-23-15-7-8-16-25(23)33-20-11-3-2-4-12-20/h2-18H,1H3,(H,28,31)(H,29,30)/b24-18-. The van der Waals surface area contributed by atoms with Crippen LogP contribution in [0.3, 0.4) is 0 Å². The number of ether oxygens (including phenoxy) is 1. The molecule has 2 amide bonds. The van der Waals surface area contributed by atoms with Crippen molar-refractivity contribution in [2.24, 2.45) is 0 Å². The van der Waals surface area contributed by atoms with Gasteiger partial charge in [-0.3, -0.25) is 9.59 Å². The van der Waals surface area contributed by atoms with Gasteiger partial charge in [-0.25, -0.2) is 0 Å². The highest BCUT2D eigenvalue weighted by atomic mass is 16.5. The summed E-state index contributed by atoms with van der Waals surface area (Å²) in [4.78, 5) is 26.1. The van der Waals surface area contributed by atoms with Gasteiger partial charge in [0.2, 0.25) is 0 Å². The molecule has 0 aliphatic rings. The highest BCUT2D eigenvalue weighted by Crippen LogP contribution is 2.29. The lowest BCUT2D eigenvalue weighted by molar-refractivity contribution is -0.113. The Morgan fingerprint density at radius 3 is 2.33 bits per heavy atom. The van der Waals surface area contributed by atoms with Crippen LogP contribution in [0.1, 0.15) is 21.7 Å². The SMILES string of the molecule is Cc1ccccc1C(=O)N/C(=C\c1ccco1)C(=O)Nc1ccccc1Oc1ccccc1. The zero-order valence-electron chi connectivity index (χ0n) is 17.9. The van der Waals surface area contributed by atoms with Crippen molar-refractivity contribution in [3.05, 3.63) is 120 Å². The molecule has 0 saturated heterocycles. The van der Waals surface area contributed by atoms with Crippen LogP contribution < -0.4 is 15.4 Å². The van der Waals surface area contributed by atoms with Gasteiger partial charge in [-0.05, 0) is 55.0 Å². The van der Waals surface area contributed by atoms with Gasteiger partial charge in [-0.1, -0.05) is 48.5 Å². The molecule has 0 atom stereocenters. The highest BCUT2D eigenvalue weighted by molar-refractivity contribution is 6.11. The number of hydrogen-bond donors (Lipinski definition) is 2. The average molecular weight is 438 g/mol. The summed E-state index contributed by atoms with van der Waals surface area (Å²) in [5.74, 6) is 0.629. The van der Waals surface area contributed by atoms with E-state index in [0.29, 0.717) is 28.5 Å². The predicted octanol–water partition coefficient (Wildman–Crippen LogP) is 5.79. The molecule has 0 aliphatic carbocycles. The Labute approximate surface area is 191 Å². The number of aryl methyl sites for hydroxylation is 1. The molecular weight excluding hydrogens is 416 g/mol. The monoisotopic (exact) mass is 438 g/mol. The summed E-state index contributed by atoms with van der Waals surface area (Å²) >= 11 is 0. The smallest absolute Gasteiger partial charge is 0.272 e. The topological polar surface area (TPSA) is 80.6 Å². The van der Waals surface area contributed by atoms with E-state index in [1.165, 1.54) is 12.3 Å². The Bertz CT molecular complexity index is 1280. The number of rotatable bonds is 7. The number of carbonyl (C=O) groups is 2. The fourth-order valence-corrected chi connectivity index (χ4v) is 3.16. The third kappa shape index (κ3) is 5.57. The van der Waals surface area contributed by atoms with E-state index in [-0.39, 0.29) is 5.70 Å². The van der Waals surface area contributed by atoms with Gasteiger partial charge < -0.3 is 19.8 Å². The molecule has 1 aromatic heterocycles. The first-order chi connectivity index (χ1) is 16.1. The van der Waals surface area contributed by atoms with Crippen LogP contribution in [0.25, 0.3) is 6.08 Å². The molecule has 4 aromatic rings. The minimum atomic E-state index is -0.516. The molecule has 6 heteroatoms. The van der Waals surface area contributed by atoms with Gasteiger partial charge in [-0.2, -0.15) is 0 Å². The second-order valence-corrected chi connectivity index (χ2v) is 7.21. The molecule has 0 radical (unpaired) electrons. The van der Waals surface area contributed by atoms with Crippen LogP contribution in [-0.4, -0.2) is 11.8 Å². The molecule has 2 N–H and O–H groups in total. The van der Waals surface area contributed by atoms with Crippen LogP contribution in [0.4, 0.5) is 5.69 Å². The molecule has 3 aromatic carbocycles. The molecule has 164 valence electrons. The minimum Gasteiger partial charge on any atom is -0.465 e. The Morgan fingerprint density at radius 1 is 0.848 bits per heavy atom. The maximum atomic E-state index is 13.2. The number of hydrogen-bond acceptors (Lipinski definition) is 4. The Balaban J connectivity index is 1.59. The molecule has 0 bridgehead atoms. The molecule has 0 fully saturated rings. The third-order valence-corrected chi connectivity index (χ3v) is 4.82. The fraction of sp³-hybridized carbons (Fsp3) is 0.0370. The van der Waals surface area contributed by atoms with E-state index in [2.05, 4.69) is 10.6 Å². The van der Waals surface area contributed by atoms with E-state index in [9.17, 15) is 9.59 Å². The highest BCUT2D eigenvalue weighted by Gasteiger charge is 2.18.